The van der Waals surface area contributed by atoms with Crippen molar-refractivity contribution in [3.05, 3.63) is 52.8 Å². The molecule has 4 rings (SSSR count). The Labute approximate surface area is 194 Å². The van der Waals surface area contributed by atoms with Gasteiger partial charge < -0.3 is 15.1 Å². The third kappa shape index (κ3) is 5.61. The molecule has 0 bridgehead atoms. The second-order valence-electron chi connectivity index (χ2n) is 9.27. The molecule has 1 aromatic carbocycles. The molecule has 0 atom stereocenters. The molecule has 2 aromatic rings. The number of hydrogen-bond acceptors (Lipinski definition) is 4. The van der Waals surface area contributed by atoms with Gasteiger partial charge in [-0.25, -0.2) is 0 Å². The largest absolute Gasteiger partial charge is 0.352 e. The van der Waals surface area contributed by atoms with Crippen LogP contribution in [0.1, 0.15) is 70.6 Å². The number of likely N-dealkylation sites (N-methyl/N-ethyl adjacent to an activating group) is 1. The zero-order valence-corrected chi connectivity index (χ0v) is 19.5. The maximum absolute atomic E-state index is 13.2. The second-order valence-corrected chi connectivity index (χ2v) is 9.27. The van der Waals surface area contributed by atoms with Crippen molar-refractivity contribution in [2.24, 2.45) is 0 Å². The van der Waals surface area contributed by atoms with Gasteiger partial charge in [0.2, 0.25) is 5.91 Å². The summed E-state index contributed by atoms with van der Waals surface area (Å²) >= 11 is 0. The summed E-state index contributed by atoms with van der Waals surface area (Å²) in [5, 5.41) is 7.44. The molecule has 0 spiro atoms. The minimum atomic E-state index is -0.354. The van der Waals surface area contributed by atoms with E-state index in [0.717, 1.165) is 43.2 Å². The molecule has 2 aliphatic rings. The van der Waals surface area contributed by atoms with Gasteiger partial charge in [0.1, 0.15) is 5.69 Å². The van der Waals surface area contributed by atoms with E-state index in [1.807, 2.05) is 30.0 Å². The summed E-state index contributed by atoms with van der Waals surface area (Å²) in [7, 11) is 1.60. The maximum atomic E-state index is 13.2. The lowest BCUT2D eigenvalue weighted by molar-refractivity contribution is -0.122. The Hall–Kier alpha value is -3.16. The fourth-order valence-corrected chi connectivity index (χ4v) is 4.72. The summed E-state index contributed by atoms with van der Waals surface area (Å²) in [6, 6.07) is 9.90. The lowest BCUT2D eigenvalue weighted by atomic mass is 9.95. The van der Waals surface area contributed by atoms with Crippen LogP contribution in [0.5, 0.6) is 0 Å². The van der Waals surface area contributed by atoms with Crippen LogP contribution in [-0.4, -0.2) is 63.5 Å². The first-order valence-corrected chi connectivity index (χ1v) is 11.9. The molecule has 1 aliphatic heterocycles. The number of carbonyl (C=O) groups is 3. The SMILES string of the molecule is Cc1cccc(CN2CCCn3nc(C(=O)N(C)CC(=O)NC4CCCCC4)cc3C2=O)c1. The average Bonchev–Trinajstić information content (AvgIpc) is 3.16. The van der Waals surface area contributed by atoms with Crippen molar-refractivity contribution in [2.75, 3.05) is 20.1 Å². The van der Waals surface area contributed by atoms with Gasteiger partial charge in [0, 0.05) is 38.8 Å². The normalized spacial score (nSPS) is 16.8. The number of nitrogens with one attached hydrogen (secondary N) is 1. The van der Waals surface area contributed by atoms with Gasteiger partial charge in [-0.1, -0.05) is 49.1 Å². The zero-order valence-electron chi connectivity index (χ0n) is 19.5. The second kappa shape index (κ2) is 10.2. The highest BCUT2D eigenvalue weighted by Crippen LogP contribution is 2.19. The van der Waals surface area contributed by atoms with Crippen LogP contribution in [-0.2, 0) is 17.9 Å². The van der Waals surface area contributed by atoms with Crippen molar-refractivity contribution < 1.29 is 14.4 Å². The minimum Gasteiger partial charge on any atom is -0.352 e. The van der Waals surface area contributed by atoms with Crippen molar-refractivity contribution in [3.8, 4) is 0 Å². The fourth-order valence-electron chi connectivity index (χ4n) is 4.72. The van der Waals surface area contributed by atoms with Crippen LogP contribution in [0.15, 0.2) is 30.3 Å². The van der Waals surface area contributed by atoms with Crippen LogP contribution in [0.2, 0.25) is 0 Å². The highest BCUT2D eigenvalue weighted by Gasteiger charge is 2.28. The molecule has 0 saturated heterocycles. The number of aryl methyl sites for hydroxylation is 2. The predicted octanol–water partition coefficient (Wildman–Crippen LogP) is 2.76. The summed E-state index contributed by atoms with van der Waals surface area (Å²) in [5.41, 5.74) is 2.85. The Bertz CT molecular complexity index is 1020. The maximum Gasteiger partial charge on any atom is 0.274 e. The molecular weight excluding hydrogens is 418 g/mol. The third-order valence-electron chi connectivity index (χ3n) is 6.46. The molecule has 8 heteroatoms. The summed E-state index contributed by atoms with van der Waals surface area (Å²) in [6.45, 7) is 3.75. The number of aromatic nitrogens is 2. The highest BCUT2D eigenvalue weighted by molar-refractivity contribution is 5.99. The van der Waals surface area contributed by atoms with Crippen molar-refractivity contribution in [2.45, 2.75) is 64.6 Å². The van der Waals surface area contributed by atoms with Crippen molar-refractivity contribution >= 4 is 17.7 Å². The van der Waals surface area contributed by atoms with E-state index >= 15 is 0 Å². The Morgan fingerprint density at radius 3 is 2.67 bits per heavy atom. The van der Waals surface area contributed by atoms with E-state index in [-0.39, 0.29) is 36.0 Å². The number of carbonyl (C=O) groups excluding carboxylic acids is 3. The predicted molar refractivity (Wildman–Crippen MR) is 125 cm³/mol. The molecule has 0 unspecified atom stereocenters. The smallest absolute Gasteiger partial charge is 0.274 e. The zero-order chi connectivity index (χ0) is 23.4. The highest BCUT2D eigenvalue weighted by atomic mass is 16.2. The first-order valence-electron chi connectivity index (χ1n) is 11.9. The van der Waals surface area contributed by atoms with Crippen LogP contribution in [0.25, 0.3) is 0 Å². The van der Waals surface area contributed by atoms with Crippen LogP contribution < -0.4 is 5.32 Å². The van der Waals surface area contributed by atoms with Crippen LogP contribution in [0.4, 0.5) is 0 Å². The van der Waals surface area contributed by atoms with E-state index in [4.69, 9.17) is 0 Å². The van der Waals surface area contributed by atoms with E-state index in [1.165, 1.54) is 11.3 Å². The van der Waals surface area contributed by atoms with Gasteiger partial charge in [0.25, 0.3) is 11.8 Å². The number of benzene rings is 1. The molecule has 1 aliphatic carbocycles. The topological polar surface area (TPSA) is 87.5 Å². The van der Waals surface area contributed by atoms with Gasteiger partial charge in [0.05, 0.1) is 6.54 Å². The van der Waals surface area contributed by atoms with E-state index in [0.29, 0.717) is 25.3 Å². The Balaban J connectivity index is 1.41. The Kier molecular flexibility index (Phi) is 7.11. The first kappa shape index (κ1) is 23.0. The van der Waals surface area contributed by atoms with Crippen LogP contribution >= 0.6 is 0 Å². The summed E-state index contributed by atoms with van der Waals surface area (Å²) < 4.78 is 1.63. The lowest BCUT2D eigenvalue weighted by Crippen LogP contribution is -2.43. The molecule has 33 heavy (non-hydrogen) atoms. The number of fused-ring (bicyclic) bond motifs is 1. The number of nitrogens with zero attached hydrogens (tertiary/aromatic N) is 4. The molecule has 0 radical (unpaired) electrons. The Morgan fingerprint density at radius 1 is 1.12 bits per heavy atom. The average molecular weight is 452 g/mol. The van der Waals surface area contributed by atoms with Gasteiger partial charge in [0.15, 0.2) is 5.69 Å². The first-order chi connectivity index (χ1) is 15.9. The standard InChI is InChI=1S/C25H33N5O3/c1-18-8-6-9-19(14-18)16-29-12-7-13-30-22(25(29)33)15-21(27-30)24(32)28(2)17-23(31)26-20-10-4-3-5-11-20/h6,8-9,14-15,20H,3-5,7,10-13,16-17H2,1-2H3,(H,26,31). The molecule has 1 fully saturated rings. The molecule has 1 saturated carbocycles. The van der Waals surface area contributed by atoms with Gasteiger partial charge in [-0.3, -0.25) is 19.1 Å². The summed E-state index contributed by atoms with van der Waals surface area (Å²) in [4.78, 5) is 41.7. The van der Waals surface area contributed by atoms with Gasteiger partial charge in [-0.2, -0.15) is 5.10 Å². The quantitative estimate of drug-likeness (QED) is 0.732. The third-order valence-corrected chi connectivity index (χ3v) is 6.46. The molecule has 1 N–H and O–H groups in total. The molecule has 176 valence electrons. The molecule has 8 nitrogen and oxygen atoms in total. The van der Waals surface area contributed by atoms with Gasteiger partial charge in [-0.15, -0.1) is 0 Å². The molecular formula is C25H33N5O3. The Morgan fingerprint density at radius 2 is 1.91 bits per heavy atom. The van der Waals surface area contributed by atoms with E-state index in [9.17, 15) is 14.4 Å². The van der Waals surface area contributed by atoms with E-state index in [2.05, 4.69) is 16.5 Å². The van der Waals surface area contributed by atoms with Crippen molar-refractivity contribution in [3.63, 3.8) is 0 Å². The van der Waals surface area contributed by atoms with Crippen LogP contribution in [0.3, 0.4) is 0 Å². The molecule has 2 heterocycles. The molecule has 3 amide bonds. The van der Waals surface area contributed by atoms with Gasteiger partial charge in [-0.05, 0) is 31.7 Å². The minimum absolute atomic E-state index is 0.0229. The van der Waals surface area contributed by atoms with E-state index < -0.39 is 0 Å². The number of amides is 3. The van der Waals surface area contributed by atoms with Crippen molar-refractivity contribution in [1.29, 1.82) is 0 Å². The fraction of sp³-hybridized carbons (Fsp3) is 0.520. The van der Waals surface area contributed by atoms with Crippen LogP contribution in [0, 0.1) is 6.92 Å². The number of hydrogen-bond donors (Lipinski definition) is 1. The monoisotopic (exact) mass is 451 g/mol. The lowest BCUT2D eigenvalue weighted by Gasteiger charge is -2.24. The summed E-state index contributed by atoms with van der Waals surface area (Å²) in [5.74, 6) is -0.635. The molecule has 1 aromatic heterocycles. The van der Waals surface area contributed by atoms with Gasteiger partial charge >= 0.3 is 0 Å². The van der Waals surface area contributed by atoms with E-state index in [1.54, 1.807) is 17.8 Å². The van der Waals surface area contributed by atoms with Crippen molar-refractivity contribution in [1.82, 2.24) is 24.9 Å². The number of rotatable bonds is 6. The summed E-state index contributed by atoms with van der Waals surface area (Å²) in [6.07, 6.45) is 6.25.